The Kier molecular flexibility index (Phi) is 5.45. The third-order valence-electron chi connectivity index (χ3n) is 5.11. The highest BCUT2D eigenvalue weighted by atomic mass is 32.1. The van der Waals surface area contributed by atoms with Crippen molar-refractivity contribution in [2.75, 3.05) is 13.7 Å². The number of benzene rings is 2. The Morgan fingerprint density at radius 2 is 1.97 bits per heavy atom. The third-order valence-corrected chi connectivity index (χ3v) is 6.01. The predicted molar refractivity (Wildman–Crippen MR) is 118 cm³/mol. The van der Waals surface area contributed by atoms with Crippen molar-refractivity contribution in [1.82, 2.24) is 9.55 Å². The zero-order chi connectivity index (χ0) is 20.4. The first kappa shape index (κ1) is 19.3. The van der Waals surface area contributed by atoms with E-state index in [4.69, 9.17) is 9.47 Å². The Labute approximate surface area is 173 Å². The van der Waals surface area contributed by atoms with Crippen LogP contribution in [0.4, 0.5) is 0 Å². The maximum atomic E-state index is 13.0. The smallest absolute Gasteiger partial charge is 0.327 e. The molecule has 1 N–H and O–H groups in total. The molecule has 1 atom stereocenters. The maximum absolute atomic E-state index is 13.0. The summed E-state index contributed by atoms with van der Waals surface area (Å²) in [7, 11) is 1.63. The molecule has 0 saturated carbocycles. The minimum absolute atomic E-state index is 0.107. The lowest BCUT2D eigenvalue weighted by atomic mass is 10.0. The number of aromatic nitrogens is 2. The summed E-state index contributed by atoms with van der Waals surface area (Å²) < 4.78 is 13.0. The molecule has 6 heteroatoms. The van der Waals surface area contributed by atoms with Crippen LogP contribution in [-0.4, -0.2) is 23.3 Å². The monoisotopic (exact) mass is 408 g/mol. The number of thiophene rings is 1. The van der Waals surface area contributed by atoms with Gasteiger partial charge in [-0.25, -0.2) is 4.79 Å². The van der Waals surface area contributed by atoms with Crippen molar-refractivity contribution >= 4 is 22.4 Å². The van der Waals surface area contributed by atoms with E-state index in [0.29, 0.717) is 18.1 Å². The molecule has 150 valence electrons. The molecule has 0 aliphatic heterocycles. The van der Waals surface area contributed by atoms with Gasteiger partial charge in [-0.3, -0.25) is 4.57 Å². The van der Waals surface area contributed by atoms with Crippen molar-refractivity contribution in [3.8, 4) is 21.9 Å². The van der Waals surface area contributed by atoms with Gasteiger partial charge in [-0.05, 0) is 48.6 Å². The van der Waals surface area contributed by atoms with Gasteiger partial charge in [0.25, 0.3) is 0 Å². The summed E-state index contributed by atoms with van der Waals surface area (Å²) in [5, 5.41) is 2.05. The van der Waals surface area contributed by atoms with E-state index in [1.807, 2.05) is 53.3 Å². The zero-order valence-electron chi connectivity index (χ0n) is 16.8. The minimum Gasteiger partial charge on any atom is -0.493 e. The molecular formula is C23H24N2O3S. The first-order valence-electron chi connectivity index (χ1n) is 9.75. The number of hydrogen-bond acceptors (Lipinski definition) is 4. The normalized spacial score (nSPS) is 12.2. The van der Waals surface area contributed by atoms with Crippen LogP contribution in [0.3, 0.4) is 0 Å². The fraction of sp³-hybridized carbons (Fsp3) is 0.261. The van der Waals surface area contributed by atoms with Gasteiger partial charge in [0.1, 0.15) is 0 Å². The topological polar surface area (TPSA) is 56.2 Å². The Hall–Kier alpha value is -2.99. The minimum atomic E-state index is -0.111. The highest BCUT2D eigenvalue weighted by molar-refractivity contribution is 7.13. The molecular weight excluding hydrogens is 384 g/mol. The SMILES string of the molecule is CCOc1cc([C@H](CC)n2c(=O)[nH]c3c(-c4cccs4)cccc32)ccc1OC. The molecule has 0 radical (unpaired) electrons. The summed E-state index contributed by atoms with van der Waals surface area (Å²) in [5.74, 6) is 1.38. The van der Waals surface area contributed by atoms with Crippen molar-refractivity contribution < 1.29 is 9.47 Å². The summed E-state index contributed by atoms with van der Waals surface area (Å²) in [6.07, 6.45) is 0.772. The average molecular weight is 409 g/mol. The molecule has 0 amide bonds. The van der Waals surface area contributed by atoms with E-state index >= 15 is 0 Å². The number of rotatable bonds is 7. The van der Waals surface area contributed by atoms with E-state index in [2.05, 4.69) is 24.0 Å². The lowest BCUT2D eigenvalue weighted by Gasteiger charge is -2.19. The number of methoxy groups -OCH3 is 1. The quantitative estimate of drug-likeness (QED) is 0.441. The van der Waals surface area contributed by atoms with Gasteiger partial charge in [-0.1, -0.05) is 31.2 Å². The van der Waals surface area contributed by atoms with Gasteiger partial charge in [0.2, 0.25) is 0 Å². The molecule has 0 saturated heterocycles. The number of imidazole rings is 1. The van der Waals surface area contributed by atoms with Crippen LogP contribution in [0.25, 0.3) is 21.5 Å². The number of para-hydroxylation sites is 1. The lowest BCUT2D eigenvalue weighted by molar-refractivity contribution is 0.310. The van der Waals surface area contributed by atoms with Gasteiger partial charge in [0.15, 0.2) is 11.5 Å². The summed E-state index contributed by atoms with van der Waals surface area (Å²) >= 11 is 1.67. The van der Waals surface area contributed by atoms with Gasteiger partial charge >= 0.3 is 5.69 Å². The highest BCUT2D eigenvalue weighted by Gasteiger charge is 2.21. The molecule has 0 aliphatic carbocycles. The highest BCUT2D eigenvalue weighted by Crippen LogP contribution is 2.35. The largest absolute Gasteiger partial charge is 0.493 e. The Morgan fingerprint density at radius 3 is 2.66 bits per heavy atom. The second-order valence-electron chi connectivity index (χ2n) is 6.74. The number of nitrogens with one attached hydrogen (secondary N) is 1. The van der Waals surface area contributed by atoms with Crippen LogP contribution in [-0.2, 0) is 0 Å². The van der Waals surface area contributed by atoms with E-state index < -0.39 is 0 Å². The predicted octanol–water partition coefficient (Wildman–Crippen LogP) is 5.46. The van der Waals surface area contributed by atoms with Crippen LogP contribution in [0, 0.1) is 0 Å². The second-order valence-corrected chi connectivity index (χ2v) is 7.69. The molecule has 2 aromatic heterocycles. The van der Waals surface area contributed by atoms with Crippen LogP contribution >= 0.6 is 11.3 Å². The number of fused-ring (bicyclic) bond motifs is 1. The lowest BCUT2D eigenvalue weighted by Crippen LogP contribution is -2.22. The molecule has 0 spiro atoms. The van der Waals surface area contributed by atoms with Crippen molar-refractivity contribution in [2.24, 2.45) is 0 Å². The molecule has 0 fully saturated rings. The molecule has 4 rings (SSSR count). The molecule has 0 unspecified atom stereocenters. The van der Waals surface area contributed by atoms with Crippen molar-refractivity contribution in [3.63, 3.8) is 0 Å². The maximum Gasteiger partial charge on any atom is 0.327 e. The molecule has 0 aliphatic rings. The van der Waals surface area contributed by atoms with E-state index in [-0.39, 0.29) is 11.7 Å². The van der Waals surface area contributed by atoms with Crippen molar-refractivity contribution in [3.05, 3.63) is 70.0 Å². The van der Waals surface area contributed by atoms with Gasteiger partial charge in [-0.15, -0.1) is 11.3 Å². The number of H-pyrrole nitrogens is 1. The number of ether oxygens (including phenoxy) is 2. The molecule has 2 aromatic carbocycles. The van der Waals surface area contributed by atoms with Gasteiger partial charge < -0.3 is 14.5 Å². The van der Waals surface area contributed by atoms with E-state index in [1.54, 1.807) is 18.4 Å². The third kappa shape index (κ3) is 3.44. The Balaban J connectivity index is 1.87. The van der Waals surface area contributed by atoms with Crippen molar-refractivity contribution in [1.29, 1.82) is 0 Å². The Morgan fingerprint density at radius 1 is 1.10 bits per heavy atom. The summed E-state index contributed by atoms with van der Waals surface area (Å²) in [6, 6.07) is 15.9. The van der Waals surface area contributed by atoms with Crippen LogP contribution in [0.15, 0.2) is 58.7 Å². The fourth-order valence-corrected chi connectivity index (χ4v) is 4.59. The number of nitrogens with zero attached hydrogens (tertiary/aromatic N) is 1. The van der Waals surface area contributed by atoms with Gasteiger partial charge in [0, 0.05) is 10.4 Å². The van der Waals surface area contributed by atoms with Crippen LogP contribution in [0.5, 0.6) is 11.5 Å². The van der Waals surface area contributed by atoms with E-state index in [0.717, 1.165) is 33.5 Å². The first-order valence-corrected chi connectivity index (χ1v) is 10.6. The molecule has 29 heavy (non-hydrogen) atoms. The molecule has 0 bridgehead atoms. The first-order chi connectivity index (χ1) is 14.2. The summed E-state index contributed by atoms with van der Waals surface area (Å²) in [6.45, 7) is 4.58. The average Bonchev–Trinajstić information content (AvgIpc) is 3.37. The van der Waals surface area contributed by atoms with Gasteiger partial charge in [0.05, 0.1) is 30.8 Å². The second kappa shape index (κ2) is 8.17. The summed E-state index contributed by atoms with van der Waals surface area (Å²) in [4.78, 5) is 17.3. The van der Waals surface area contributed by atoms with Crippen LogP contribution in [0.2, 0.25) is 0 Å². The van der Waals surface area contributed by atoms with Crippen molar-refractivity contribution in [2.45, 2.75) is 26.3 Å². The van der Waals surface area contributed by atoms with Crippen LogP contribution < -0.4 is 15.2 Å². The van der Waals surface area contributed by atoms with E-state index in [1.165, 1.54) is 0 Å². The number of hydrogen-bond donors (Lipinski definition) is 1. The standard InChI is InChI=1S/C23H24N2O3S/c1-4-17(15-11-12-19(27-3)20(14-15)28-5-2)25-18-9-6-8-16(21-10-7-13-29-21)22(18)24-23(25)26/h6-14,17H,4-5H2,1-3H3,(H,24,26)/t17-/m0/s1. The summed E-state index contributed by atoms with van der Waals surface area (Å²) in [5.41, 5.74) is 3.73. The van der Waals surface area contributed by atoms with Crippen LogP contribution in [0.1, 0.15) is 31.9 Å². The van der Waals surface area contributed by atoms with E-state index in [9.17, 15) is 4.79 Å². The molecule has 5 nitrogen and oxygen atoms in total. The Bertz CT molecular complexity index is 1170. The fourth-order valence-electron chi connectivity index (χ4n) is 3.83. The molecule has 2 heterocycles. The molecule has 4 aromatic rings. The van der Waals surface area contributed by atoms with Gasteiger partial charge in [-0.2, -0.15) is 0 Å². The zero-order valence-corrected chi connectivity index (χ0v) is 17.6. The number of aromatic amines is 1.